The minimum Gasteiger partial charge on any atom is -0.489 e. The van der Waals surface area contributed by atoms with Crippen LogP contribution in [0.15, 0.2) is 36.4 Å². The SMILES string of the molecule is Nc1ccc(COc2ccc(F)c(F)c2)cc1F. The molecule has 0 saturated heterocycles. The van der Waals surface area contributed by atoms with Crippen molar-refractivity contribution in [3.63, 3.8) is 0 Å². The van der Waals surface area contributed by atoms with Crippen LogP contribution in [0.25, 0.3) is 0 Å². The fraction of sp³-hybridized carbons (Fsp3) is 0.0769. The second-order valence-corrected chi connectivity index (χ2v) is 3.72. The fourth-order valence-corrected chi connectivity index (χ4v) is 1.39. The van der Waals surface area contributed by atoms with E-state index in [2.05, 4.69) is 0 Å². The highest BCUT2D eigenvalue weighted by Crippen LogP contribution is 2.18. The van der Waals surface area contributed by atoms with Gasteiger partial charge in [-0.15, -0.1) is 0 Å². The normalized spacial score (nSPS) is 10.4. The monoisotopic (exact) mass is 253 g/mol. The van der Waals surface area contributed by atoms with Gasteiger partial charge >= 0.3 is 0 Å². The smallest absolute Gasteiger partial charge is 0.162 e. The van der Waals surface area contributed by atoms with Crippen LogP contribution in [0.3, 0.4) is 0 Å². The lowest BCUT2D eigenvalue weighted by molar-refractivity contribution is 0.302. The molecule has 0 aliphatic carbocycles. The zero-order valence-corrected chi connectivity index (χ0v) is 9.29. The standard InChI is InChI=1S/C13H10F3NO/c14-10-3-2-9(6-11(10)15)18-7-8-1-4-13(17)12(16)5-8/h1-6H,7,17H2. The topological polar surface area (TPSA) is 35.2 Å². The molecule has 0 aromatic heterocycles. The van der Waals surface area contributed by atoms with Crippen LogP contribution in [0.1, 0.15) is 5.56 Å². The maximum absolute atomic E-state index is 13.1. The van der Waals surface area contributed by atoms with Crippen molar-refractivity contribution in [2.24, 2.45) is 0 Å². The second kappa shape index (κ2) is 5.00. The number of nitrogens with two attached hydrogens (primary N) is 1. The summed E-state index contributed by atoms with van der Waals surface area (Å²) in [5, 5.41) is 0. The highest BCUT2D eigenvalue weighted by molar-refractivity contribution is 5.41. The Morgan fingerprint density at radius 3 is 2.33 bits per heavy atom. The molecule has 0 fully saturated rings. The highest BCUT2D eigenvalue weighted by Gasteiger charge is 2.04. The van der Waals surface area contributed by atoms with E-state index in [0.717, 1.165) is 12.1 Å². The number of rotatable bonds is 3. The third kappa shape index (κ3) is 2.74. The third-order valence-corrected chi connectivity index (χ3v) is 2.36. The Morgan fingerprint density at radius 2 is 1.67 bits per heavy atom. The molecule has 0 bridgehead atoms. The molecule has 0 aliphatic rings. The lowest BCUT2D eigenvalue weighted by atomic mass is 10.2. The van der Waals surface area contributed by atoms with E-state index in [1.807, 2.05) is 0 Å². The molecule has 0 heterocycles. The zero-order chi connectivity index (χ0) is 13.1. The van der Waals surface area contributed by atoms with Crippen molar-refractivity contribution in [1.82, 2.24) is 0 Å². The number of halogens is 3. The Morgan fingerprint density at radius 1 is 0.889 bits per heavy atom. The van der Waals surface area contributed by atoms with E-state index < -0.39 is 17.5 Å². The van der Waals surface area contributed by atoms with Gasteiger partial charge in [0.15, 0.2) is 11.6 Å². The van der Waals surface area contributed by atoms with E-state index in [0.29, 0.717) is 5.56 Å². The molecule has 0 amide bonds. The minimum absolute atomic E-state index is 0.0439. The highest BCUT2D eigenvalue weighted by atomic mass is 19.2. The first kappa shape index (κ1) is 12.3. The van der Waals surface area contributed by atoms with E-state index >= 15 is 0 Å². The molecular formula is C13H10F3NO. The van der Waals surface area contributed by atoms with Crippen LogP contribution in [-0.2, 0) is 6.61 Å². The van der Waals surface area contributed by atoms with Crippen LogP contribution in [0, 0.1) is 17.5 Å². The molecular weight excluding hydrogens is 243 g/mol. The molecule has 18 heavy (non-hydrogen) atoms. The summed E-state index contributed by atoms with van der Waals surface area (Å²) in [6, 6.07) is 7.44. The third-order valence-electron chi connectivity index (χ3n) is 2.36. The van der Waals surface area contributed by atoms with Gasteiger partial charge in [0.2, 0.25) is 0 Å². The first-order valence-electron chi connectivity index (χ1n) is 5.18. The molecule has 0 radical (unpaired) electrons. The van der Waals surface area contributed by atoms with Gasteiger partial charge < -0.3 is 10.5 Å². The quantitative estimate of drug-likeness (QED) is 0.852. The predicted molar refractivity (Wildman–Crippen MR) is 61.5 cm³/mol. The van der Waals surface area contributed by atoms with E-state index in [1.165, 1.54) is 18.2 Å². The van der Waals surface area contributed by atoms with Gasteiger partial charge in [-0.2, -0.15) is 0 Å². The average Bonchev–Trinajstić information content (AvgIpc) is 2.35. The molecule has 94 valence electrons. The van der Waals surface area contributed by atoms with Crippen molar-refractivity contribution >= 4 is 5.69 Å². The Kier molecular flexibility index (Phi) is 3.41. The van der Waals surface area contributed by atoms with Gasteiger partial charge in [-0.3, -0.25) is 0 Å². The van der Waals surface area contributed by atoms with E-state index in [-0.39, 0.29) is 18.0 Å². The number of nitrogen functional groups attached to an aromatic ring is 1. The van der Waals surface area contributed by atoms with Gasteiger partial charge in [0.05, 0.1) is 5.69 Å². The van der Waals surface area contributed by atoms with E-state index in [9.17, 15) is 13.2 Å². The number of anilines is 1. The summed E-state index contributed by atoms with van der Waals surface area (Å²) in [6.07, 6.45) is 0. The van der Waals surface area contributed by atoms with Gasteiger partial charge in [0.25, 0.3) is 0 Å². The molecule has 0 aliphatic heterocycles. The molecule has 2 nitrogen and oxygen atoms in total. The molecule has 5 heteroatoms. The van der Waals surface area contributed by atoms with Crippen LogP contribution < -0.4 is 10.5 Å². The van der Waals surface area contributed by atoms with E-state index in [4.69, 9.17) is 10.5 Å². The van der Waals surface area contributed by atoms with Crippen LogP contribution in [0.4, 0.5) is 18.9 Å². The first-order chi connectivity index (χ1) is 8.56. The minimum atomic E-state index is -0.990. The summed E-state index contributed by atoms with van der Waals surface area (Å²) in [6.45, 7) is 0.0439. The summed E-state index contributed by atoms with van der Waals surface area (Å²) < 4.78 is 43.9. The van der Waals surface area contributed by atoms with Crippen LogP contribution in [-0.4, -0.2) is 0 Å². The predicted octanol–water partition coefficient (Wildman–Crippen LogP) is 3.27. The van der Waals surface area contributed by atoms with Crippen LogP contribution in [0.2, 0.25) is 0 Å². The average molecular weight is 253 g/mol. The summed E-state index contributed by atoms with van der Waals surface area (Å²) in [5.74, 6) is -2.30. The summed E-state index contributed by atoms with van der Waals surface area (Å²) in [5.41, 5.74) is 5.92. The van der Waals surface area contributed by atoms with Gasteiger partial charge in [-0.25, -0.2) is 13.2 Å². The van der Waals surface area contributed by atoms with Crippen molar-refractivity contribution in [3.8, 4) is 5.75 Å². The molecule has 2 aromatic carbocycles. The molecule has 2 N–H and O–H groups in total. The lowest BCUT2D eigenvalue weighted by Crippen LogP contribution is -1.98. The maximum Gasteiger partial charge on any atom is 0.162 e. The number of benzene rings is 2. The van der Waals surface area contributed by atoms with Crippen LogP contribution in [0.5, 0.6) is 5.75 Å². The molecule has 0 unspecified atom stereocenters. The Balaban J connectivity index is 2.06. The Bertz CT molecular complexity index is 521. The fourth-order valence-electron chi connectivity index (χ4n) is 1.39. The maximum atomic E-state index is 13.1. The molecule has 2 rings (SSSR count). The van der Waals surface area contributed by atoms with Gasteiger partial charge in [0, 0.05) is 6.07 Å². The number of ether oxygens (including phenoxy) is 1. The molecule has 0 atom stereocenters. The van der Waals surface area contributed by atoms with Crippen LogP contribution >= 0.6 is 0 Å². The van der Waals surface area contributed by atoms with Crippen molar-refractivity contribution in [2.45, 2.75) is 6.61 Å². The molecule has 2 aromatic rings. The van der Waals surface area contributed by atoms with Gasteiger partial charge in [-0.05, 0) is 29.8 Å². The number of hydrogen-bond donors (Lipinski definition) is 1. The Labute approximate surface area is 102 Å². The Hall–Kier alpha value is -2.17. The van der Waals surface area contributed by atoms with Gasteiger partial charge in [-0.1, -0.05) is 6.07 Å². The summed E-state index contributed by atoms with van der Waals surface area (Å²) in [4.78, 5) is 0. The zero-order valence-electron chi connectivity index (χ0n) is 9.29. The largest absolute Gasteiger partial charge is 0.489 e. The van der Waals surface area contributed by atoms with Crippen molar-refractivity contribution < 1.29 is 17.9 Å². The van der Waals surface area contributed by atoms with Gasteiger partial charge in [0.1, 0.15) is 18.2 Å². The summed E-state index contributed by atoms with van der Waals surface area (Å²) >= 11 is 0. The van der Waals surface area contributed by atoms with E-state index in [1.54, 1.807) is 6.07 Å². The summed E-state index contributed by atoms with van der Waals surface area (Å²) in [7, 11) is 0. The second-order valence-electron chi connectivity index (χ2n) is 3.72. The van der Waals surface area contributed by atoms with Crippen molar-refractivity contribution in [1.29, 1.82) is 0 Å². The van der Waals surface area contributed by atoms with Crippen molar-refractivity contribution in [3.05, 3.63) is 59.4 Å². The molecule has 0 spiro atoms. The lowest BCUT2D eigenvalue weighted by Gasteiger charge is -2.07. The van der Waals surface area contributed by atoms with Crippen molar-refractivity contribution in [2.75, 3.05) is 5.73 Å². The number of hydrogen-bond acceptors (Lipinski definition) is 2. The first-order valence-corrected chi connectivity index (χ1v) is 5.18. The molecule has 0 saturated carbocycles.